The SMILES string of the molecule is CC#CC/C(=C\C1=C(C)N(c2ccccc2)C(c2cc(N(C)c3ccccc3-c3ccccc3)cc(-n3c4ccccc4c4ccccc43)c2)N1)c1ccc2ccccc2c1. The molecule has 0 aliphatic carbocycles. The van der Waals surface area contributed by atoms with Crippen molar-refractivity contribution in [3.8, 4) is 28.7 Å². The lowest BCUT2D eigenvalue weighted by Gasteiger charge is -2.31. The molecule has 0 bridgehead atoms. The molecule has 1 atom stereocenters. The van der Waals surface area contributed by atoms with Crippen molar-refractivity contribution in [1.82, 2.24) is 9.88 Å². The number of aromatic nitrogens is 1. The highest BCUT2D eigenvalue weighted by Crippen LogP contribution is 2.42. The molecule has 0 saturated carbocycles. The first-order chi connectivity index (χ1) is 30.1. The number of rotatable bonds is 9. The Morgan fingerprint density at radius 2 is 1.28 bits per heavy atom. The van der Waals surface area contributed by atoms with Crippen LogP contribution in [0.5, 0.6) is 0 Å². The van der Waals surface area contributed by atoms with E-state index in [1.807, 2.05) is 6.92 Å². The van der Waals surface area contributed by atoms with Gasteiger partial charge in [0.05, 0.1) is 16.7 Å². The fourth-order valence-corrected chi connectivity index (χ4v) is 9.00. The second-order valence-electron chi connectivity index (χ2n) is 15.7. The smallest absolute Gasteiger partial charge is 0.130 e. The Balaban J connectivity index is 1.17. The van der Waals surface area contributed by atoms with Crippen molar-refractivity contribution >= 4 is 55.2 Å². The van der Waals surface area contributed by atoms with E-state index >= 15 is 0 Å². The summed E-state index contributed by atoms with van der Waals surface area (Å²) in [4.78, 5) is 4.79. The molecule has 0 amide bonds. The molecular formula is C57H46N4. The third kappa shape index (κ3) is 7.01. The minimum absolute atomic E-state index is 0.215. The predicted molar refractivity (Wildman–Crippen MR) is 258 cm³/mol. The van der Waals surface area contributed by atoms with Gasteiger partial charge in [0.2, 0.25) is 0 Å². The van der Waals surface area contributed by atoms with Crippen LogP contribution in [0, 0.1) is 11.8 Å². The summed E-state index contributed by atoms with van der Waals surface area (Å²) >= 11 is 0. The molecule has 1 unspecified atom stereocenters. The molecule has 4 heteroatoms. The molecular weight excluding hydrogens is 741 g/mol. The maximum atomic E-state index is 4.06. The highest BCUT2D eigenvalue weighted by atomic mass is 15.3. The zero-order valence-corrected chi connectivity index (χ0v) is 34.7. The van der Waals surface area contributed by atoms with Crippen LogP contribution in [0.2, 0.25) is 0 Å². The number of benzene rings is 8. The molecule has 0 fully saturated rings. The predicted octanol–water partition coefficient (Wildman–Crippen LogP) is 14.2. The quantitative estimate of drug-likeness (QED) is 0.147. The van der Waals surface area contributed by atoms with Crippen LogP contribution in [0.1, 0.15) is 37.6 Å². The van der Waals surface area contributed by atoms with Crippen LogP contribution >= 0.6 is 0 Å². The molecule has 1 aliphatic rings. The standard InChI is InChI=1S/C57H46N4/c1-4-5-20-44(45-34-33-41-21-12-13-24-43(41)35-45)38-53-40(2)60(47-25-10-7-11-26-47)57(58-53)46-36-48(59(3)54-30-17-14-27-50(54)42-22-8-6-9-23-42)39-49(37-46)61-55-31-18-15-28-51(55)52-29-16-19-32-56(52)61/h6-19,21-39,57-58H,20H2,1-3H3/b44-38+. The van der Waals surface area contributed by atoms with E-state index in [9.17, 15) is 0 Å². The average Bonchev–Trinajstić information content (AvgIpc) is 3.84. The third-order valence-electron chi connectivity index (χ3n) is 12.0. The van der Waals surface area contributed by atoms with Crippen molar-refractivity contribution in [3.63, 3.8) is 0 Å². The van der Waals surface area contributed by atoms with Crippen LogP contribution in [0.4, 0.5) is 17.1 Å². The second kappa shape index (κ2) is 16.1. The lowest BCUT2D eigenvalue weighted by molar-refractivity contribution is 0.650. The number of nitrogens with one attached hydrogen (secondary N) is 1. The highest BCUT2D eigenvalue weighted by Gasteiger charge is 2.32. The largest absolute Gasteiger partial charge is 0.360 e. The first-order valence-corrected chi connectivity index (χ1v) is 21.0. The second-order valence-corrected chi connectivity index (χ2v) is 15.7. The number of hydrogen-bond donors (Lipinski definition) is 1. The van der Waals surface area contributed by atoms with E-state index in [2.05, 4.69) is 246 Å². The summed E-state index contributed by atoms with van der Waals surface area (Å²) in [5.74, 6) is 6.54. The van der Waals surface area contributed by atoms with E-state index in [-0.39, 0.29) is 6.17 Å². The van der Waals surface area contributed by atoms with Gasteiger partial charge in [0.15, 0.2) is 0 Å². The minimum atomic E-state index is -0.215. The Morgan fingerprint density at radius 3 is 2.02 bits per heavy atom. The molecule has 1 aromatic heterocycles. The van der Waals surface area contributed by atoms with Crippen LogP contribution < -0.4 is 15.1 Å². The van der Waals surface area contributed by atoms with Crippen LogP contribution in [0.25, 0.3) is 55.0 Å². The zero-order valence-electron chi connectivity index (χ0n) is 34.7. The summed E-state index contributed by atoms with van der Waals surface area (Å²) < 4.78 is 2.43. The van der Waals surface area contributed by atoms with Crippen LogP contribution in [-0.2, 0) is 0 Å². The van der Waals surface area contributed by atoms with Gasteiger partial charge >= 0.3 is 0 Å². The van der Waals surface area contributed by atoms with Gasteiger partial charge in [0.25, 0.3) is 0 Å². The Morgan fingerprint density at radius 1 is 0.639 bits per heavy atom. The van der Waals surface area contributed by atoms with Crippen LogP contribution in [-0.4, -0.2) is 11.6 Å². The maximum Gasteiger partial charge on any atom is 0.130 e. The van der Waals surface area contributed by atoms with Crippen molar-refractivity contribution in [2.75, 3.05) is 16.8 Å². The summed E-state index contributed by atoms with van der Waals surface area (Å²) in [5.41, 5.74) is 14.9. The lowest BCUT2D eigenvalue weighted by atomic mass is 9.98. The van der Waals surface area contributed by atoms with Crippen molar-refractivity contribution in [3.05, 3.63) is 223 Å². The summed E-state index contributed by atoms with van der Waals surface area (Å²) in [5, 5.41) is 8.98. The topological polar surface area (TPSA) is 23.4 Å². The highest BCUT2D eigenvalue weighted by molar-refractivity contribution is 6.09. The van der Waals surface area contributed by atoms with E-state index in [0.29, 0.717) is 6.42 Å². The van der Waals surface area contributed by atoms with Crippen molar-refractivity contribution in [1.29, 1.82) is 0 Å². The Bertz CT molecular complexity index is 3140. The molecule has 8 aromatic carbocycles. The first-order valence-electron chi connectivity index (χ1n) is 21.0. The van der Waals surface area contributed by atoms with Crippen LogP contribution in [0.15, 0.2) is 212 Å². The number of para-hydroxylation sites is 4. The number of nitrogens with zero attached hydrogens (tertiary/aromatic N) is 3. The number of fused-ring (bicyclic) bond motifs is 4. The van der Waals surface area contributed by atoms with E-state index in [4.69, 9.17) is 0 Å². The third-order valence-corrected chi connectivity index (χ3v) is 12.0. The van der Waals surface area contributed by atoms with Gasteiger partial charge in [-0.15, -0.1) is 5.92 Å². The van der Waals surface area contributed by atoms with Crippen LogP contribution in [0.3, 0.4) is 0 Å². The number of hydrogen-bond acceptors (Lipinski definition) is 3. The molecule has 9 aromatic rings. The molecule has 0 radical (unpaired) electrons. The maximum absolute atomic E-state index is 4.06. The van der Waals surface area contributed by atoms with Crippen molar-refractivity contribution in [2.45, 2.75) is 26.4 Å². The van der Waals surface area contributed by atoms with Crippen molar-refractivity contribution in [2.24, 2.45) is 0 Å². The molecule has 10 rings (SSSR count). The summed E-state index contributed by atoms with van der Waals surface area (Å²) in [7, 11) is 2.19. The van der Waals surface area contributed by atoms with Gasteiger partial charge in [-0.25, -0.2) is 0 Å². The van der Waals surface area contributed by atoms with E-state index in [1.165, 1.54) is 54.8 Å². The fourth-order valence-electron chi connectivity index (χ4n) is 9.00. The minimum Gasteiger partial charge on any atom is -0.360 e. The van der Waals surface area contributed by atoms with Gasteiger partial charge in [-0.3, -0.25) is 0 Å². The Hall–Kier alpha value is -7.74. The molecule has 294 valence electrons. The Labute approximate surface area is 358 Å². The molecule has 61 heavy (non-hydrogen) atoms. The van der Waals surface area contributed by atoms with Gasteiger partial charge in [-0.2, -0.15) is 0 Å². The molecule has 0 saturated heterocycles. The number of allylic oxidation sites excluding steroid dienone is 3. The monoisotopic (exact) mass is 786 g/mol. The average molecular weight is 787 g/mol. The number of anilines is 3. The van der Waals surface area contributed by atoms with Crippen molar-refractivity contribution < 1.29 is 0 Å². The molecule has 2 heterocycles. The van der Waals surface area contributed by atoms with Gasteiger partial charge in [-0.1, -0.05) is 145 Å². The van der Waals surface area contributed by atoms with E-state index in [0.717, 1.165) is 39.7 Å². The molecule has 4 nitrogen and oxygen atoms in total. The summed E-state index contributed by atoms with van der Waals surface area (Å²) in [6, 6.07) is 70.0. The van der Waals surface area contributed by atoms with Gasteiger partial charge in [0, 0.05) is 58.3 Å². The zero-order chi connectivity index (χ0) is 41.3. The molecule has 1 aliphatic heterocycles. The normalized spacial score (nSPS) is 14.0. The molecule has 0 spiro atoms. The Kier molecular flexibility index (Phi) is 9.92. The first kappa shape index (κ1) is 37.5. The van der Waals surface area contributed by atoms with E-state index in [1.54, 1.807) is 0 Å². The summed E-state index contributed by atoms with van der Waals surface area (Å²) in [6.07, 6.45) is 2.75. The van der Waals surface area contributed by atoms with Gasteiger partial charge in [-0.05, 0) is 108 Å². The lowest BCUT2D eigenvalue weighted by Crippen LogP contribution is -2.29. The molecule has 1 N–H and O–H groups in total. The van der Waals surface area contributed by atoms with E-state index < -0.39 is 0 Å². The van der Waals surface area contributed by atoms with Gasteiger partial charge in [0.1, 0.15) is 6.17 Å². The summed E-state index contributed by atoms with van der Waals surface area (Å²) in [6.45, 7) is 4.15. The fraction of sp³-hybridized carbons (Fsp3) is 0.0877. The van der Waals surface area contributed by atoms with Gasteiger partial charge < -0.3 is 19.7 Å².